The van der Waals surface area contributed by atoms with Gasteiger partial charge in [-0.15, -0.1) is 0 Å². The molecule has 0 saturated carbocycles. The van der Waals surface area contributed by atoms with E-state index in [1.807, 2.05) is 54.6 Å². The number of methoxy groups -OCH3 is 3. The maximum absolute atomic E-state index is 13.6. The number of fused-ring (bicyclic) bond motifs is 2. The van der Waals surface area contributed by atoms with Crippen LogP contribution in [0, 0.1) is 0 Å². The molecule has 170 valence electrons. The fourth-order valence-corrected chi connectivity index (χ4v) is 4.21. The van der Waals surface area contributed by atoms with E-state index in [9.17, 15) is 4.79 Å². The molecule has 0 aliphatic carbocycles. The molecule has 0 spiro atoms. The number of hydrogen-bond acceptors (Lipinski definition) is 7. The Morgan fingerprint density at radius 2 is 1.67 bits per heavy atom. The molecule has 2 heterocycles. The highest BCUT2D eigenvalue weighted by Gasteiger charge is 2.34. The van der Waals surface area contributed by atoms with Crippen LogP contribution in [-0.2, 0) is 6.54 Å². The Morgan fingerprint density at radius 1 is 0.939 bits per heavy atom. The number of amides is 1. The molecule has 3 aromatic rings. The number of carbonyl (C=O) groups excluding carboxylic acids is 1. The highest BCUT2D eigenvalue weighted by molar-refractivity contribution is 6.01. The third-order valence-electron chi connectivity index (χ3n) is 5.81. The average Bonchev–Trinajstić information content (AvgIpc) is 3.32. The van der Waals surface area contributed by atoms with Crippen LogP contribution in [0.15, 0.2) is 54.6 Å². The second-order valence-electron chi connectivity index (χ2n) is 7.67. The molecule has 0 bridgehead atoms. The van der Waals surface area contributed by atoms with Crippen molar-refractivity contribution < 1.29 is 28.5 Å². The minimum absolute atomic E-state index is 0.0826. The molecule has 3 aromatic carbocycles. The zero-order valence-electron chi connectivity index (χ0n) is 18.6. The SMILES string of the molecule is COc1cc(C2Nc3ccccc3C(=O)N2Cc2ccc3c(c2)OCO3)cc(OC)c1OC. The van der Waals surface area contributed by atoms with Crippen molar-refractivity contribution in [3.05, 3.63) is 71.3 Å². The van der Waals surface area contributed by atoms with Crippen molar-refractivity contribution >= 4 is 11.6 Å². The van der Waals surface area contributed by atoms with Gasteiger partial charge in [0, 0.05) is 17.8 Å². The standard InChI is InChI=1S/C25H24N2O6/c1-29-21-11-16(12-22(30-2)23(21)31-3)24-26-18-7-5-4-6-17(18)25(28)27(24)13-15-8-9-19-20(10-15)33-14-32-19/h4-12,24,26H,13-14H2,1-3H3. The lowest BCUT2D eigenvalue weighted by molar-refractivity contribution is 0.0666. The van der Waals surface area contributed by atoms with Crippen LogP contribution in [0.5, 0.6) is 28.7 Å². The van der Waals surface area contributed by atoms with Gasteiger partial charge < -0.3 is 33.9 Å². The second-order valence-corrected chi connectivity index (χ2v) is 7.67. The molecule has 0 aromatic heterocycles. The van der Waals surface area contributed by atoms with E-state index < -0.39 is 6.17 Å². The smallest absolute Gasteiger partial charge is 0.258 e. The molecule has 1 amide bonds. The van der Waals surface area contributed by atoms with Crippen LogP contribution >= 0.6 is 0 Å². The Morgan fingerprint density at radius 3 is 2.39 bits per heavy atom. The number of rotatable bonds is 6. The lowest BCUT2D eigenvalue weighted by Crippen LogP contribution is -2.42. The maximum atomic E-state index is 13.6. The molecule has 5 rings (SSSR count). The summed E-state index contributed by atoms with van der Waals surface area (Å²) in [7, 11) is 4.70. The molecule has 1 atom stereocenters. The first kappa shape index (κ1) is 20.8. The summed E-state index contributed by atoms with van der Waals surface area (Å²) in [6, 6.07) is 16.9. The fraction of sp³-hybridized carbons (Fsp3) is 0.240. The summed E-state index contributed by atoms with van der Waals surface area (Å²) in [5, 5.41) is 3.50. The van der Waals surface area contributed by atoms with Gasteiger partial charge in [-0.3, -0.25) is 4.79 Å². The maximum Gasteiger partial charge on any atom is 0.258 e. The monoisotopic (exact) mass is 448 g/mol. The van der Waals surface area contributed by atoms with E-state index in [4.69, 9.17) is 23.7 Å². The lowest BCUT2D eigenvalue weighted by Gasteiger charge is -2.38. The normalized spacial score (nSPS) is 16.2. The molecule has 2 aliphatic rings. The second kappa shape index (κ2) is 8.46. The predicted octanol–water partition coefficient (Wildman–Crippen LogP) is 4.21. The fourth-order valence-electron chi connectivity index (χ4n) is 4.21. The van der Waals surface area contributed by atoms with Crippen molar-refractivity contribution in [2.75, 3.05) is 33.4 Å². The van der Waals surface area contributed by atoms with E-state index in [0.717, 1.165) is 16.8 Å². The summed E-state index contributed by atoms with van der Waals surface area (Å²) >= 11 is 0. The Bertz CT molecular complexity index is 1190. The van der Waals surface area contributed by atoms with Gasteiger partial charge in [0.2, 0.25) is 12.5 Å². The number of nitrogens with zero attached hydrogens (tertiary/aromatic N) is 1. The number of nitrogens with one attached hydrogen (secondary N) is 1. The Balaban J connectivity index is 1.58. The summed E-state index contributed by atoms with van der Waals surface area (Å²) < 4.78 is 27.5. The van der Waals surface area contributed by atoms with E-state index in [-0.39, 0.29) is 12.7 Å². The van der Waals surface area contributed by atoms with Gasteiger partial charge in [-0.25, -0.2) is 0 Å². The molecule has 0 saturated heterocycles. The molecule has 33 heavy (non-hydrogen) atoms. The van der Waals surface area contributed by atoms with Crippen molar-refractivity contribution in [3.63, 3.8) is 0 Å². The summed E-state index contributed by atoms with van der Waals surface area (Å²) in [6.07, 6.45) is -0.466. The molecule has 0 radical (unpaired) electrons. The first-order valence-corrected chi connectivity index (χ1v) is 10.5. The summed E-state index contributed by atoms with van der Waals surface area (Å²) in [6.45, 7) is 0.558. The first-order valence-electron chi connectivity index (χ1n) is 10.5. The summed E-state index contributed by atoms with van der Waals surface area (Å²) in [5.41, 5.74) is 3.10. The van der Waals surface area contributed by atoms with Gasteiger partial charge in [0.05, 0.1) is 26.9 Å². The van der Waals surface area contributed by atoms with Crippen LogP contribution in [-0.4, -0.2) is 38.9 Å². The van der Waals surface area contributed by atoms with Crippen LogP contribution in [0.2, 0.25) is 0 Å². The van der Waals surface area contributed by atoms with Gasteiger partial charge in [0.25, 0.3) is 5.91 Å². The topological polar surface area (TPSA) is 78.5 Å². The Labute approximate surface area is 191 Å². The van der Waals surface area contributed by atoms with Gasteiger partial charge in [-0.05, 0) is 42.0 Å². The molecule has 8 nitrogen and oxygen atoms in total. The largest absolute Gasteiger partial charge is 0.493 e. The van der Waals surface area contributed by atoms with E-state index in [0.29, 0.717) is 40.9 Å². The summed E-state index contributed by atoms with van der Waals surface area (Å²) in [4.78, 5) is 15.4. The molecule has 2 aliphatic heterocycles. The Hall–Kier alpha value is -4.07. The number of para-hydroxylation sites is 1. The van der Waals surface area contributed by atoms with Crippen molar-refractivity contribution in [1.82, 2.24) is 4.90 Å². The number of benzene rings is 3. The molecule has 1 N–H and O–H groups in total. The van der Waals surface area contributed by atoms with E-state index in [1.54, 1.807) is 26.2 Å². The van der Waals surface area contributed by atoms with Gasteiger partial charge in [0.15, 0.2) is 23.0 Å². The van der Waals surface area contributed by atoms with Crippen molar-refractivity contribution in [2.45, 2.75) is 12.7 Å². The van der Waals surface area contributed by atoms with Crippen LogP contribution < -0.4 is 29.0 Å². The molecular weight excluding hydrogens is 424 g/mol. The van der Waals surface area contributed by atoms with Crippen LogP contribution in [0.25, 0.3) is 0 Å². The first-order chi connectivity index (χ1) is 16.1. The van der Waals surface area contributed by atoms with E-state index in [2.05, 4.69) is 5.32 Å². The number of anilines is 1. The van der Waals surface area contributed by atoms with Gasteiger partial charge >= 0.3 is 0 Å². The Kier molecular flexibility index (Phi) is 5.34. The minimum atomic E-state index is -0.466. The molecule has 1 unspecified atom stereocenters. The van der Waals surface area contributed by atoms with Crippen molar-refractivity contribution in [3.8, 4) is 28.7 Å². The zero-order chi connectivity index (χ0) is 22.9. The van der Waals surface area contributed by atoms with Crippen LogP contribution in [0.3, 0.4) is 0 Å². The van der Waals surface area contributed by atoms with Crippen molar-refractivity contribution in [2.24, 2.45) is 0 Å². The van der Waals surface area contributed by atoms with Crippen LogP contribution in [0.4, 0.5) is 5.69 Å². The van der Waals surface area contributed by atoms with Gasteiger partial charge in [0.1, 0.15) is 6.17 Å². The minimum Gasteiger partial charge on any atom is -0.493 e. The lowest BCUT2D eigenvalue weighted by atomic mass is 10.0. The molecule has 0 fully saturated rings. The van der Waals surface area contributed by atoms with E-state index in [1.165, 1.54) is 0 Å². The third kappa shape index (κ3) is 3.63. The van der Waals surface area contributed by atoms with Crippen molar-refractivity contribution in [1.29, 1.82) is 0 Å². The predicted molar refractivity (Wildman–Crippen MR) is 121 cm³/mol. The zero-order valence-corrected chi connectivity index (χ0v) is 18.6. The molecular formula is C25H24N2O6. The van der Waals surface area contributed by atoms with Gasteiger partial charge in [-0.1, -0.05) is 18.2 Å². The molecule has 8 heteroatoms. The van der Waals surface area contributed by atoms with E-state index >= 15 is 0 Å². The van der Waals surface area contributed by atoms with Crippen LogP contribution in [0.1, 0.15) is 27.7 Å². The quantitative estimate of drug-likeness (QED) is 0.605. The highest BCUT2D eigenvalue weighted by Crippen LogP contribution is 2.43. The third-order valence-corrected chi connectivity index (χ3v) is 5.81. The van der Waals surface area contributed by atoms with Gasteiger partial charge in [-0.2, -0.15) is 0 Å². The average molecular weight is 448 g/mol. The summed E-state index contributed by atoms with van der Waals surface area (Å²) in [5.74, 6) is 2.82. The number of carbonyl (C=O) groups is 1. The number of hydrogen-bond donors (Lipinski definition) is 1. The highest BCUT2D eigenvalue weighted by atomic mass is 16.7. The number of ether oxygens (including phenoxy) is 5.